The monoisotopic (exact) mass is 213 g/mol. The van der Waals surface area contributed by atoms with Crippen molar-refractivity contribution in [3.05, 3.63) is 35.0 Å². The number of nitrogens with zero attached hydrogens (tertiary/aromatic N) is 1. The molecule has 1 aromatic carbocycles. The van der Waals surface area contributed by atoms with E-state index in [1.807, 2.05) is 6.20 Å². The molecule has 3 rings (SSSR count). The maximum atomic E-state index is 11.6. The quantitative estimate of drug-likeness (QED) is 0.667. The lowest BCUT2D eigenvalue weighted by Gasteiger charge is -2.17. The topological polar surface area (TPSA) is 22.0 Å². The Morgan fingerprint density at radius 1 is 1.38 bits per heavy atom. The third-order valence-corrected chi connectivity index (χ3v) is 3.58. The molecule has 2 aromatic rings. The van der Waals surface area contributed by atoms with E-state index in [4.69, 9.17) is 0 Å². The van der Waals surface area contributed by atoms with E-state index in [0.29, 0.717) is 0 Å². The van der Waals surface area contributed by atoms with Crippen LogP contribution >= 0.6 is 0 Å². The van der Waals surface area contributed by atoms with Crippen LogP contribution in [0.3, 0.4) is 0 Å². The Hall–Kier alpha value is -1.57. The standard InChI is InChI=1S/C14H15NO/c1-9-5-6-12-13(10(2)16)8-15-7-3-4-11(9)14(12)15/h5-6,8H,3-4,7H2,1-2H3. The number of benzene rings is 1. The third-order valence-electron chi connectivity index (χ3n) is 3.58. The first-order chi connectivity index (χ1) is 7.68. The zero-order valence-corrected chi connectivity index (χ0v) is 9.71. The molecule has 1 aliphatic rings. The van der Waals surface area contributed by atoms with Gasteiger partial charge >= 0.3 is 0 Å². The van der Waals surface area contributed by atoms with Gasteiger partial charge in [-0.3, -0.25) is 4.79 Å². The number of rotatable bonds is 1. The molecule has 1 aliphatic heterocycles. The SMILES string of the molecule is CC(=O)c1cn2c3c(c(C)ccc13)CCC2. The molecule has 2 nitrogen and oxygen atoms in total. The van der Waals surface area contributed by atoms with Gasteiger partial charge in [-0.05, 0) is 37.8 Å². The van der Waals surface area contributed by atoms with Crippen molar-refractivity contribution in [3.63, 3.8) is 0 Å². The van der Waals surface area contributed by atoms with Crippen LogP contribution in [0.4, 0.5) is 0 Å². The highest BCUT2D eigenvalue weighted by Crippen LogP contribution is 2.31. The smallest absolute Gasteiger partial charge is 0.161 e. The average Bonchev–Trinajstić information content (AvgIpc) is 2.64. The lowest BCUT2D eigenvalue weighted by atomic mass is 9.97. The largest absolute Gasteiger partial charge is 0.346 e. The van der Waals surface area contributed by atoms with Crippen LogP contribution in [0.5, 0.6) is 0 Å². The zero-order chi connectivity index (χ0) is 11.3. The van der Waals surface area contributed by atoms with Crippen LogP contribution in [0.1, 0.15) is 34.8 Å². The minimum Gasteiger partial charge on any atom is -0.346 e. The number of carbonyl (C=O) groups excluding carboxylic acids is 1. The van der Waals surface area contributed by atoms with E-state index in [1.54, 1.807) is 6.92 Å². The van der Waals surface area contributed by atoms with Gasteiger partial charge < -0.3 is 4.57 Å². The van der Waals surface area contributed by atoms with Gasteiger partial charge in [0.15, 0.2) is 5.78 Å². The maximum absolute atomic E-state index is 11.6. The van der Waals surface area contributed by atoms with Gasteiger partial charge in [0, 0.05) is 23.7 Å². The summed E-state index contributed by atoms with van der Waals surface area (Å²) < 4.78 is 2.25. The molecular formula is C14H15NO. The highest BCUT2D eigenvalue weighted by molar-refractivity contribution is 6.08. The average molecular weight is 213 g/mol. The van der Waals surface area contributed by atoms with E-state index in [1.165, 1.54) is 23.1 Å². The van der Waals surface area contributed by atoms with Gasteiger partial charge in [0.1, 0.15) is 0 Å². The Bertz CT molecular complexity index is 592. The second-order valence-corrected chi connectivity index (χ2v) is 4.65. The molecule has 0 unspecified atom stereocenters. The number of hydrogen-bond acceptors (Lipinski definition) is 1. The predicted molar refractivity (Wildman–Crippen MR) is 65.0 cm³/mol. The fraction of sp³-hybridized carbons (Fsp3) is 0.357. The second kappa shape index (κ2) is 3.21. The molecule has 82 valence electrons. The summed E-state index contributed by atoms with van der Waals surface area (Å²) in [6.07, 6.45) is 4.35. The first-order valence-electron chi connectivity index (χ1n) is 5.81. The van der Waals surface area contributed by atoms with Crippen molar-refractivity contribution >= 4 is 16.7 Å². The van der Waals surface area contributed by atoms with Gasteiger partial charge in [0.05, 0.1) is 5.52 Å². The Kier molecular flexibility index (Phi) is 1.93. The van der Waals surface area contributed by atoms with Crippen LogP contribution < -0.4 is 0 Å². The van der Waals surface area contributed by atoms with Crippen LogP contribution in [0.15, 0.2) is 18.3 Å². The van der Waals surface area contributed by atoms with Crippen molar-refractivity contribution in [3.8, 4) is 0 Å². The molecule has 2 heterocycles. The van der Waals surface area contributed by atoms with Crippen LogP contribution in [0.2, 0.25) is 0 Å². The van der Waals surface area contributed by atoms with Crippen molar-refractivity contribution in [2.24, 2.45) is 0 Å². The highest BCUT2D eigenvalue weighted by atomic mass is 16.1. The number of ketones is 1. The van der Waals surface area contributed by atoms with Crippen molar-refractivity contribution < 1.29 is 4.79 Å². The molecule has 0 radical (unpaired) electrons. The molecule has 0 N–H and O–H groups in total. The molecule has 0 fully saturated rings. The van der Waals surface area contributed by atoms with Crippen molar-refractivity contribution in [2.75, 3.05) is 0 Å². The normalized spacial score (nSPS) is 14.4. The summed E-state index contributed by atoms with van der Waals surface area (Å²) in [6, 6.07) is 4.23. The summed E-state index contributed by atoms with van der Waals surface area (Å²) in [7, 11) is 0. The third kappa shape index (κ3) is 1.16. The molecule has 16 heavy (non-hydrogen) atoms. The van der Waals surface area contributed by atoms with Gasteiger partial charge in [-0.25, -0.2) is 0 Å². The fourth-order valence-electron chi connectivity index (χ4n) is 2.77. The molecule has 0 bridgehead atoms. The molecule has 0 atom stereocenters. The van der Waals surface area contributed by atoms with E-state index >= 15 is 0 Å². The first kappa shape index (κ1) is 9.64. The molecule has 0 saturated heterocycles. The summed E-state index contributed by atoms with van der Waals surface area (Å²) >= 11 is 0. The van der Waals surface area contributed by atoms with Crippen molar-refractivity contribution in [1.82, 2.24) is 4.57 Å². The maximum Gasteiger partial charge on any atom is 0.161 e. The molecule has 2 heteroatoms. The van der Waals surface area contributed by atoms with E-state index in [2.05, 4.69) is 23.6 Å². The number of hydrogen-bond donors (Lipinski definition) is 0. The lowest BCUT2D eigenvalue weighted by molar-refractivity contribution is 0.101. The highest BCUT2D eigenvalue weighted by Gasteiger charge is 2.18. The van der Waals surface area contributed by atoms with Crippen LogP contribution in [-0.4, -0.2) is 10.4 Å². The Balaban J connectivity index is 2.45. The first-order valence-corrected chi connectivity index (χ1v) is 5.81. The summed E-state index contributed by atoms with van der Waals surface area (Å²) in [4.78, 5) is 11.6. The van der Waals surface area contributed by atoms with Gasteiger partial charge in [-0.2, -0.15) is 0 Å². The second-order valence-electron chi connectivity index (χ2n) is 4.65. The number of aryl methyl sites for hydroxylation is 3. The van der Waals surface area contributed by atoms with E-state index in [9.17, 15) is 4.79 Å². The molecular weight excluding hydrogens is 198 g/mol. The van der Waals surface area contributed by atoms with Gasteiger partial charge in [-0.1, -0.05) is 12.1 Å². The Morgan fingerprint density at radius 3 is 2.94 bits per heavy atom. The number of Topliss-reactive ketones (excluding diaryl/α,β-unsaturated/α-hetero) is 1. The van der Waals surface area contributed by atoms with Crippen molar-refractivity contribution in [1.29, 1.82) is 0 Å². The summed E-state index contributed by atoms with van der Waals surface area (Å²) in [5, 5.41) is 1.13. The van der Waals surface area contributed by atoms with Gasteiger partial charge in [0.2, 0.25) is 0 Å². The lowest BCUT2D eigenvalue weighted by Crippen LogP contribution is -2.07. The minimum atomic E-state index is 0.167. The van der Waals surface area contributed by atoms with Crippen molar-refractivity contribution in [2.45, 2.75) is 33.2 Å². The fourth-order valence-corrected chi connectivity index (χ4v) is 2.77. The predicted octanol–water partition coefficient (Wildman–Crippen LogP) is 3.10. The molecule has 0 saturated carbocycles. The van der Waals surface area contributed by atoms with Gasteiger partial charge in [-0.15, -0.1) is 0 Å². The Labute approximate surface area is 94.9 Å². The van der Waals surface area contributed by atoms with Crippen LogP contribution in [-0.2, 0) is 13.0 Å². The molecule has 0 amide bonds. The van der Waals surface area contributed by atoms with E-state index in [0.717, 1.165) is 23.9 Å². The number of aromatic nitrogens is 1. The van der Waals surface area contributed by atoms with E-state index < -0.39 is 0 Å². The minimum absolute atomic E-state index is 0.167. The van der Waals surface area contributed by atoms with Crippen LogP contribution in [0, 0.1) is 6.92 Å². The molecule has 0 aliphatic carbocycles. The van der Waals surface area contributed by atoms with E-state index in [-0.39, 0.29) is 5.78 Å². The summed E-state index contributed by atoms with van der Waals surface area (Å²) in [6.45, 7) is 4.85. The molecule has 0 spiro atoms. The summed E-state index contributed by atoms with van der Waals surface area (Å²) in [5.74, 6) is 0.167. The van der Waals surface area contributed by atoms with Crippen LogP contribution in [0.25, 0.3) is 10.9 Å². The molecule has 1 aromatic heterocycles. The summed E-state index contributed by atoms with van der Waals surface area (Å²) in [5.41, 5.74) is 4.94. The zero-order valence-electron chi connectivity index (χ0n) is 9.71. The number of carbonyl (C=O) groups is 1. The van der Waals surface area contributed by atoms with Gasteiger partial charge in [0.25, 0.3) is 0 Å². The Morgan fingerprint density at radius 2 is 2.19 bits per heavy atom.